The SMILES string of the molecule is CCC(C)n1c([O-])c(C2OC(=O)c3ccccc32)c(=O)[nH]c1=S. The number of aromatic amines is 1. The summed E-state index contributed by atoms with van der Waals surface area (Å²) in [6, 6.07) is 6.56. The van der Waals surface area contributed by atoms with E-state index in [-0.39, 0.29) is 16.4 Å². The minimum atomic E-state index is -0.999. The number of hydrogen-bond donors (Lipinski definition) is 1. The number of nitrogens with one attached hydrogen (secondary N) is 1. The largest absolute Gasteiger partial charge is 0.860 e. The lowest BCUT2D eigenvalue weighted by Crippen LogP contribution is -2.27. The average molecular weight is 331 g/mol. The molecule has 0 aliphatic carbocycles. The van der Waals surface area contributed by atoms with Gasteiger partial charge in [0.15, 0.2) is 10.9 Å². The fourth-order valence-electron chi connectivity index (χ4n) is 2.72. The van der Waals surface area contributed by atoms with Crippen LogP contribution in [0.25, 0.3) is 0 Å². The highest BCUT2D eigenvalue weighted by Gasteiger charge is 2.34. The van der Waals surface area contributed by atoms with Crippen molar-refractivity contribution in [3.05, 3.63) is 56.1 Å². The Balaban J connectivity index is 2.25. The Bertz CT molecular complexity index is 900. The third-order valence-electron chi connectivity index (χ3n) is 4.11. The number of esters is 1. The van der Waals surface area contributed by atoms with Gasteiger partial charge >= 0.3 is 5.97 Å². The maximum atomic E-state index is 12.8. The van der Waals surface area contributed by atoms with Crippen molar-refractivity contribution in [2.75, 3.05) is 0 Å². The zero-order chi connectivity index (χ0) is 16.7. The number of fused-ring (bicyclic) bond motifs is 1. The van der Waals surface area contributed by atoms with Crippen LogP contribution in [0.5, 0.6) is 5.88 Å². The second kappa shape index (κ2) is 5.66. The van der Waals surface area contributed by atoms with E-state index in [0.29, 0.717) is 17.5 Å². The van der Waals surface area contributed by atoms with Crippen LogP contribution in [0, 0.1) is 4.77 Å². The number of carbonyl (C=O) groups is 1. The summed E-state index contributed by atoms with van der Waals surface area (Å²) in [4.78, 5) is 26.8. The summed E-state index contributed by atoms with van der Waals surface area (Å²) >= 11 is 5.10. The molecule has 1 N–H and O–H groups in total. The van der Waals surface area contributed by atoms with Crippen LogP contribution in [0.3, 0.4) is 0 Å². The molecule has 2 heterocycles. The van der Waals surface area contributed by atoms with E-state index in [9.17, 15) is 14.7 Å². The lowest BCUT2D eigenvalue weighted by molar-refractivity contribution is -0.282. The van der Waals surface area contributed by atoms with Gasteiger partial charge in [-0.05, 0) is 37.5 Å². The Morgan fingerprint density at radius 1 is 1.39 bits per heavy atom. The van der Waals surface area contributed by atoms with Crippen LogP contribution in [-0.2, 0) is 4.74 Å². The molecule has 0 saturated heterocycles. The summed E-state index contributed by atoms with van der Waals surface area (Å²) in [6.07, 6.45) is -0.323. The van der Waals surface area contributed by atoms with E-state index in [4.69, 9.17) is 17.0 Å². The van der Waals surface area contributed by atoms with Gasteiger partial charge in [0.1, 0.15) is 0 Å². The van der Waals surface area contributed by atoms with Crippen LogP contribution in [0.1, 0.15) is 53.9 Å². The van der Waals surface area contributed by atoms with Gasteiger partial charge in [-0.1, -0.05) is 25.1 Å². The first-order chi connectivity index (χ1) is 11.0. The highest BCUT2D eigenvalue weighted by Crippen LogP contribution is 2.37. The van der Waals surface area contributed by atoms with Gasteiger partial charge in [0.25, 0.3) is 5.56 Å². The molecule has 2 unspecified atom stereocenters. The second-order valence-corrected chi connectivity index (χ2v) is 5.86. The Kier molecular flexibility index (Phi) is 3.81. The molecule has 0 amide bonds. The minimum Gasteiger partial charge on any atom is -0.860 e. The number of cyclic esters (lactones) is 1. The van der Waals surface area contributed by atoms with E-state index < -0.39 is 23.5 Å². The monoisotopic (exact) mass is 331 g/mol. The number of aromatic nitrogens is 2. The molecule has 0 saturated carbocycles. The van der Waals surface area contributed by atoms with Gasteiger partial charge in [-0.25, -0.2) is 4.79 Å². The van der Waals surface area contributed by atoms with Crippen molar-refractivity contribution < 1.29 is 14.6 Å². The highest BCUT2D eigenvalue weighted by molar-refractivity contribution is 7.71. The number of rotatable bonds is 3. The third kappa shape index (κ3) is 2.37. The first-order valence-corrected chi connectivity index (χ1v) is 7.72. The van der Waals surface area contributed by atoms with Crippen LogP contribution >= 0.6 is 12.2 Å². The maximum Gasteiger partial charge on any atom is 0.339 e. The lowest BCUT2D eigenvalue weighted by atomic mass is 10.0. The predicted molar refractivity (Wildman–Crippen MR) is 84.0 cm³/mol. The predicted octanol–water partition coefficient (Wildman–Crippen LogP) is 2.21. The van der Waals surface area contributed by atoms with Crippen molar-refractivity contribution in [3.63, 3.8) is 0 Å². The van der Waals surface area contributed by atoms with E-state index in [1.165, 1.54) is 4.57 Å². The number of hydrogen-bond acceptors (Lipinski definition) is 5. The lowest BCUT2D eigenvalue weighted by Gasteiger charge is -2.26. The fraction of sp³-hybridized carbons (Fsp3) is 0.312. The molecule has 1 aromatic carbocycles. The Hall–Kier alpha value is -2.41. The van der Waals surface area contributed by atoms with Gasteiger partial charge in [-0.3, -0.25) is 9.78 Å². The molecule has 2 aromatic rings. The molecule has 7 heteroatoms. The summed E-state index contributed by atoms with van der Waals surface area (Å²) in [6.45, 7) is 3.76. The Morgan fingerprint density at radius 3 is 2.78 bits per heavy atom. The summed E-state index contributed by atoms with van der Waals surface area (Å²) in [5.41, 5.74) is 0.160. The van der Waals surface area contributed by atoms with E-state index in [1.54, 1.807) is 24.3 Å². The van der Waals surface area contributed by atoms with Crippen LogP contribution < -0.4 is 10.7 Å². The molecule has 0 radical (unpaired) electrons. The molecule has 1 aliphatic rings. The van der Waals surface area contributed by atoms with Gasteiger partial charge in [0.05, 0.1) is 11.1 Å². The van der Waals surface area contributed by atoms with Crippen molar-refractivity contribution in [2.45, 2.75) is 32.4 Å². The third-order valence-corrected chi connectivity index (χ3v) is 4.41. The maximum absolute atomic E-state index is 12.8. The molecule has 0 spiro atoms. The molecule has 2 atom stereocenters. The van der Waals surface area contributed by atoms with Gasteiger partial charge in [0, 0.05) is 11.6 Å². The van der Waals surface area contributed by atoms with Crippen molar-refractivity contribution >= 4 is 18.2 Å². The van der Waals surface area contributed by atoms with Crippen molar-refractivity contribution in [1.29, 1.82) is 0 Å². The van der Waals surface area contributed by atoms with Crippen molar-refractivity contribution in [2.24, 2.45) is 0 Å². The average Bonchev–Trinajstić information content (AvgIpc) is 2.84. The zero-order valence-electron chi connectivity index (χ0n) is 12.7. The second-order valence-electron chi connectivity index (χ2n) is 5.48. The minimum absolute atomic E-state index is 0.0794. The van der Waals surface area contributed by atoms with Crippen LogP contribution in [-0.4, -0.2) is 15.5 Å². The molecule has 1 aliphatic heterocycles. The van der Waals surface area contributed by atoms with Gasteiger partial charge in [-0.2, -0.15) is 0 Å². The Morgan fingerprint density at radius 2 is 2.09 bits per heavy atom. The van der Waals surface area contributed by atoms with E-state index in [1.807, 2.05) is 13.8 Å². The molecule has 3 rings (SSSR count). The fourth-order valence-corrected chi connectivity index (χ4v) is 3.07. The summed E-state index contributed by atoms with van der Waals surface area (Å²) in [5.74, 6) is -1.05. The highest BCUT2D eigenvalue weighted by atomic mass is 32.1. The Labute approximate surface area is 137 Å². The molecule has 120 valence electrons. The number of benzene rings is 1. The van der Waals surface area contributed by atoms with Crippen LogP contribution in [0.4, 0.5) is 0 Å². The first-order valence-electron chi connectivity index (χ1n) is 7.31. The normalized spacial score (nSPS) is 17.7. The molecule has 1 aromatic heterocycles. The zero-order valence-corrected chi connectivity index (χ0v) is 13.5. The molecule has 6 nitrogen and oxygen atoms in total. The molecular formula is C16H15N2O4S-. The number of ether oxygens (including phenoxy) is 1. The van der Waals surface area contributed by atoms with Gasteiger partial charge in [-0.15, -0.1) is 0 Å². The quantitative estimate of drug-likeness (QED) is 0.688. The van der Waals surface area contributed by atoms with Crippen molar-refractivity contribution in [1.82, 2.24) is 9.55 Å². The summed E-state index contributed by atoms with van der Waals surface area (Å²) in [7, 11) is 0. The van der Waals surface area contributed by atoms with Gasteiger partial charge < -0.3 is 14.4 Å². The summed E-state index contributed by atoms with van der Waals surface area (Å²) in [5, 5.41) is 12.8. The van der Waals surface area contributed by atoms with E-state index in [0.717, 1.165) is 0 Å². The van der Waals surface area contributed by atoms with Gasteiger partial charge in [0.2, 0.25) is 0 Å². The summed E-state index contributed by atoms with van der Waals surface area (Å²) < 4.78 is 6.72. The standard InChI is InChI=1S/C16H16N2O4S/c1-3-8(2)18-14(20)11(13(19)17-16(18)23)12-9-6-4-5-7-10(9)15(21)22-12/h4-8,12,20H,3H2,1-2H3,(H,17,19,23)/p-1. The number of H-pyrrole nitrogens is 1. The molecular weight excluding hydrogens is 316 g/mol. The topological polar surface area (TPSA) is 87.2 Å². The van der Waals surface area contributed by atoms with Crippen molar-refractivity contribution in [3.8, 4) is 5.88 Å². The molecule has 23 heavy (non-hydrogen) atoms. The van der Waals surface area contributed by atoms with E-state index >= 15 is 0 Å². The first kappa shape index (κ1) is 15.5. The number of nitrogens with zero attached hydrogens (tertiary/aromatic N) is 1. The smallest absolute Gasteiger partial charge is 0.339 e. The van der Waals surface area contributed by atoms with E-state index in [2.05, 4.69) is 4.98 Å². The molecule has 0 bridgehead atoms. The van der Waals surface area contributed by atoms with Crippen LogP contribution in [0.15, 0.2) is 29.1 Å². The number of carbonyl (C=O) groups excluding carboxylic acids is 1. The molecule has 0 fully saturated rings. The van der Waals surface area contributed by atoms with Crippen LogP contribution in [0.2, 0.25) is 0 Å².